The molecule has 7 heteroatoms. The molecule has 6 nitrogen and oxygen atoms in total. The molecule has 0 fully saturated rings. The molecular weight excluding hydrogens is 280 g/mol. The summed E-state index contributed by atoms with van der Waals surface area (Å²) in [5, 5.41) is 9.91. The molecular formula is C13H14N2O4S. The maximum Gasteiger partial charge on any atom is 0.308 e. The lowest BCUT2D eigenvalue weighted by molar-refractivity contribution is -0.145. The van der Waals surface area contributed by atoms with E-state index < -0.39 is 5.97 Å². The van der Waals surface area contributed by atoms with Gasteiger partial charge in [-0.2, -0.15) is 11.3 Å². The summed E-state index contributed by atoms with van der Waals surface area (Å²) < 4.78 is 9.90. The van der Waals surface area contributed by atoms with Crippen molar-refractivity contribution < 1.29 is 18.8 Å². The smallest absolute Gasteiger partial charge is 0.308 e. The maximum absolute atomic E-state index is 11.6. The third-order valence-electron chi connectivity index (χ3n) is 2.45. The molecule has 2 aromatic rings. The first-order valence-corrected chi connectivity index (χ1v) is 6.97. The summed E-state index contributed by atoms with van der Waals surface area (Å²) in [5.74, 6) is -0.0901. The number of hydrogen-bond acceptors (Lipinski definition) is 6. The van der Waals surface area contributed by atoms with Crippen LogP contribution >= 0.6 is 11.3 Å². The second kappa shape index (κ2) is 6.85. The number of carbonyl (C=O) groups is 2. The summed E-state index contributed by atoms with van der Waals surface area (Å²) in [4.78, 5) is 23.0. The number of ether oxygens (including phenoxy) is 1. The molecule has 0 aliphatic carbocycles. The highest BCUT2D eigenvalue weighted by atomic mass is 32.1. The van der Waals surface area contributed by atoms with Gasteiger partial charge < -0.3 is 14.6 Å². The normalized spacial score (nSPS) is 10.2. The molecule has 0 aromatic carbocycles. The Bertz CT molecular complexity index is 577. The van der Waals surface area contributed by atoms with Crippen LogP contribution in [0.25, 0.3) is 0 Å². The summed E-state index contributed by atoms with van der Waals surface area (Å²) in [6, 6.07) is 3.43. The van der Waals surface area contributed by atoms with Gasteiger partial charge in [-0.15, -0.1) is 0 Å². The van der Waals surface area contributed by atoms with Gasteiger partial charge in [0.15, 0.2) is 12.4 Å². The molecule has 106 valence electrons. The van der Waals surface area contributed by atoms with E-state index in [-0.39, 0.29) is 25.5 Å². The van der Waals surface area contributed by atoms with Crippen LogP contribution in [0.4, 0.5) is 0 Å². The van der Waals surface area contributed by atoms with Crippen molar-refractivity contribution in [3.8, 4) is 0 Å². The van der Waals surface area contributed by atoms with Gasteiger partial charge in [-0.3, -0.25) is 9.59 Å². The van der Waals surface area contributed by atoms with E-state index in [1.165, 1.54) is 11.3 Å². The zero-order chi connectivity index (χ0) is 14.4. The number of carbonyl (C=O) groups excluding carboxylic acids is 2. The second-order valence-electron chi connectivity index (χ2n) is 4.11. The zero-order valence-electron chi connectivity index (χ0n) is 10.9. The van der Waals surface area contributed by atoms with Crippen molar-refractivity contribution in [3.05, 3.63) is 39.9 Å². The maximum atomic E-state index is 11.6. The third kappa shape index (κ3) is 4.20. The van der Waals surface area contributed by atoms with Gasteiger partial charge in [0.1, 0.15) is 0 Å². The fourth-order valence-electron chi connectivity index (χ4n) is 1.48. The minimum Gasteiger partial charge on any atom is -0.457 e. The van der Waals surface area contributed by atoms with Crippen LogP contribution in [0.3, 0.4) is 0 Å². The van der Waals surface area contributed by atoms with Gasteiger partial charge in [-0.05, 0) is 18.4 Å². The van der Waals surface area contributed by atoms with Crippen molar-refractivity contribution in [1.29, 1.82) is 0 Å². The zero-order valence-corrected chi connectivity index (χ0v) is 11.7. The molecule has 0 saturated heterocycles. The Morgan fingerprint density at radius 3 is 3.00 bits per heavy atom. The van der Waals surface area contributed by atoms with E-state index in [9.17, 15) is 9.59 Å². The number of aromatic nitrogens is 1. The van der Waals surface area contributed by atoms with Crippen molar-refractivity contribution >= 4 is 23.2 Å². The Kier molecular flexibility index (Phi) is 4.89. The van der Waals surface area contributed by atoms with Crippen molar-refractivity contribution in [3.63, 3.8) is 0 Å². The Balaban J connectivity index is 1.64. The van der Waals surface area contributed by atoms with E-state index in [2.05, 4.69) is 10.5 Å². The lowest BCUT2D eigenvalue weighted by atomic mass is 10.3. The Labute approximate surface area is 119 Å². The first-order valence-electron chi connectivity index (χ1n) is 6.03. The van der Waals surface area contributed by atoms with Gasteiger partial charge in [-0.1, -0.05) is 5.16 Å². The molecule has 0 spiro atoms. The number of hydrogen-bond donors (Lipinski definition) is 1. The Morgan fingerprint density at radius 1 is 1.50 bits per heavy atom. The summed E-state index contributed by atoms with van der Waals surface area (Å²) in [7, 11) is 0. The molecule has 0 aliphatic rings. The molecule has 1 amide bonds. The summed E-state index contributed by atoms with van der Waals surface area (Å²) in [6.07, 6.45) is 0.114. The molecule has 2 rings (SSSR count). The SMILES string of the molecule is Cc1cc(COC(=O)CCNC(=O)c2ccsc2)on1. The third-order valence-corrected chi connectivity index (χ3v) is 3.13. The van der Waals surface area contributed by atoms with Gasteiger partial charge in [-0.25, -0.2) is 0 Å². The summed E-state index contributed by atoms with van der Waals surface area (Å²) in [5.41, 5.74) is 1.33. The van der Waals surface area contributed by atoms with Gasteiger partial charge in [0.05, 0.1) is 12.1 Å². The molecule has 0 radical (unpaired) electrons. The molecule has 0 aliphatic heterocycles. The predicted molar refractivity (Wildman–Crippen MR) is 72.3 cm³/mol. The quantitative estimate of drug-likeness (QED) is 0.823. The number of aryl methyl sites for hydroxylation is 1. The number of amides is 1. The van der Waals surface area contributed by atoms with Gasteiger partial charge >= 0.3 is 5.97 Å². The van der Waals surface area contributed by atoms with E-state index in [0.717, 1.165) is 5.69 Å². The first-order chi connectivity index (χ1) is 9.65. The van der Waals surface area contributed by atoms with Crippen molar-refractivity contribution in [2.24, 2.45) is 0 Å². The average molecular weight is 294 g/mol. The molecule has 20 heavy (non-hydrogen) atoms. The van der Waals surface area contributed by atoms with E-state index >= 15 is 0 Å². The number of thiophene rings is 1. The van der Waals surface area contributed by atoms with Crippen LogP contribution in [-0.2, 0) is 16.1 Å². The predicted octanol–water partition coefficient (Wildman–Crippen LogP) is 1.91. The van der Waals surface area contributed by atoms with Crippen molar-refractivity contribution in [2.75, 3.05) is 6.54 Å². The highest BCUT2D eigenvalue weighted by molar-refractivity contribution is 7.08. The number of nitrogens with one attached hydrogen (secondary N) is 1. The van der Waals surface area contributed by atoms with Crippen LogP contribution in [0.1, 0.15) is 28.2 Å². The van der Waals surface area contributed by atoms with Crippen LogP contribution in [-0.4, -0.2) is 23.6 Å². The van der Waals surface area contributed by atoms with Crippen LogP contribution in [0.2, 0.25) is 0 Å². The molecule has 0 saturated carbocycles. The van der Waals surface area contributed by atoms with Crippen LogP contribution in [0.15, 0.2) is 27.4 Å². The van der Waals surface area contributed by atoms with Crippen molar-refractivity contribution in [1.82, 2.24) is 10.5 Å². The minimum atomic E-state index is -0.398. The highest BCUT2D eigenvalue weighted by Gasteiger charge is 2.09. The van der Waals surface area contributed by atoms with E-state index in [1.807, 2.05) is 5.38 Å². The van der Waals surface area contributed by atoms with Crippen LogP contribution in [0, 0.1) is 6.92 Å². The van der Waals surface area contributed by atoms with Crippen LogP contribution < -0.4 is 5.32 Å². The lowest BCUT2D eigenvalue weighted by Crippen LogP contribution is -2.26. The molecule has 0 atom stereocenters. The first kappa shape index (κ1) is 14.3. The summed E-state index contributed by atoms with van der Waals surface area (Å²) >= 11 is 1.45. The summed E-state index contributed by atoms with van der Waals surface area (Å²) in [6.45, 7) is 2.08. The Hall–Kier alpha value is -2.15. The largest absolute Gasteiger partial charge is 0.457 e. The highest BCUT2D eigenvalue weighted by Crippen LogP contribution is 2.06. The van der Waals surface area contributed by atoms with Gasteiger partial charge in [0, 0.05) is 23.6 Å². The fraction of sp³-hybridized carbons (Fsp3) is 0.308. The monoisotopic (exact) mass is 294 g/mol. The van der Waals surface area contributed by atoms with E-state index in [0.29, 0.717) is 11.3 Å². The second-order valence-corrected chi connectivity index (χ2v) is 4.89. The topological polar surface area (TPSA) is 81.4 Å². The molecule has 0 bridgehead atoms. The average Bonchev–Trinajstić information content (AvgIpc) is 3.07. The molecule has 1 N–H and O–H groups in total. The minimum absolute atomic E-state index is 0.0537. The van der Waals surface area contributed by atoms with Gasteiger partial charge in [0.25, 0.3) is 5.91 Å². The van der Waals surface area contributed by atoms with Gasteiger partial charge in [0.2, 0.25) is 0 Å². The van der Waals surface area contributed by atoms with E-state index in [4.69, 9.17) is 9.26 Å². The fourth-order valence-corrected chi connectivity index (χ4v) is 2.12. The van der Waals surface area contributed by atoms with Crippen LogP contribution in [0.5, 0.6) is 0 Å². The molecule has 0 unspecified atom stereocenters. The number of esters is 1. The van der Waals surface area contributed by atoms with Crippen molar-refractivity contribution in [2.45, 2.75) is 20.0 Å². The van der Waals surface area contributed by atoms with E-state index in [1.54, 1.807) is 24.4 Å². The lowest BCUT2D eigenvalue weighted by Gasteiger charge is -2.04. The molecule has 2 aromatic heterocycles. The number of nitrogens with zero attached hydrogens (tertiary/aromatic N) is 1. The number of rotatable bonds is 6. The standard InChI is InChI=1S/C13H14N2O4S/c1-9-6-11(19-15-9)7-18-12(16)2-4-14-13(17)10-3-5-20-8-10/h3,5-6,8H,2,4,7H2,1H3,(H,14,17). The Morgan fingerprint density at radius 2 is 2.35 bits per heavy atom. The molecule has 2 heterocycles.